The second-order valence-electron chi connectivity index (χ2n) is 6.01. The molecule has 1 heterocycles. The molecule has 0 atom stereocenters. The number of hydrogen-bond acceptors (Lipinski definition) is 5. The molecule has 0 aliphatic carbocycles. The molecule has 2 N–H and O–H groups in total. The summed E-state index contributed by atoms with van der Waals surface area (Å²) < 4.78 is 4.98. The highest BCUT2D eigenvalue weighted by molar-refractivity contribution is 7.08. The van der Waals surface area contributed by atoms with Gasteiger partial charge in [0.05, 0.1) is 16.8 Å². The largest absolute Gasteiger partial charge is 0.452 e. The average Bonchev–Trinajstić information content (AvgIpc) is 3.21. The smallest absolute Gasteiger partial charge is 0.339 e. The fourth-order valence-electron chi connectivity index (χ4n) is 2.49. The van der Waals surface area contributed by atoms with Crippen LogP contribution in [0.25, 0.3) is 0 Å². The van der Waals surface area contributed by atoms with Crippen molar-refractivity contribution in [3.05, 3.63) is 82.0 Å². The summed E-state index contributed by atoms with van der Waals surface area (Å²) in [6.07, 6.45) is 0. The van der Waals surface area contributed by atoms with Gasteiger partial charge in [0, 0.05) is 11.1 Å². The third kappa shape index (κ3) is 5.05. The molecule has 142 valence electrons. The van der Waals surface area contributed by atoms with Crippen LogP contribution in [0.2, 0.25) is 0 Å². The van der Waals surface area contributed by atoms with Gasteiger partial charge < -0.3 is 15.4 Å². The van der Waals surface area contributed by atoms with E-state index in [1.807, 2.05) is 25.1 Å². The maximum Gasteiger partial charge on any atom is 0.339 e. The lowest BCUT2D eigenvalue weighted by Crippen LogP contribution is -2.23. The third-order valence-corrected chi connectivity index (χ3v) is 4.50. The fourth-order valence-corrected chi connectivity index (χ4v) is 3.12. The van der Waals surface area contributed by atoms with Gasteiger partial charge in [0.1, 0.15) is 0 Å². The minimum absolute atomic E-state index is 0.307. The Hall–Kier alpha value is -3.45. The molecule has 0 spiro atoms. The summed E-state index contributed by atoms with van der Waals surface area (Å²) in [6.45, 7) is 1.49. The molecule has 0 fully saturated rings. The number of aryl methyl sites for hydroxylation is 1. The van der Waals surface area contributed by atoms with Crippen LogP contribution in [0.3, 0.4) is 0 Å². The maximum atomic E-state index is 12.6. The Morgan fingerprint density at radius 3 is 2.57 bits per heavy atom. The van der Waals surface area contributed by atoms with Gasteiger partial charge in [-0.3, -0.25) is 9.59 Å². The van der Waals surface area contributed by atoms with E-state index in [1.54, 1.807) is 47.2 Å². The van der Waals surface area contributed by atoms with Crippen LogP contribution in [0.4, 0.5) is 11.4 Å². The number of para-hydroxylation sites is 1. The first kappa shape index (κ1) is 19.3. The topological polar surface area (TPSA) is 84.5 Å². The van der Waals surface area contributed by atoms with Crippen LogP contribution in [0.15, 0.2) is 65.4 Å². The molecular weight excluding hydrogens is 376 g/mol. The Kier molecular flexibility index (Phi) is 6.18. The second-order valence-corrected chi connectivity index (χ2v) is 6.79. The number of nitrogens with one attached hydrogen (secondary N) is 2. The molecule has 3 aromatic rings. The van der Waals surface area contributed by atoms with Crippen molar-refractivity contribution in [1.82, 2.24) is 0 Å². The molecule has 0 saturated carbocycles. The van der Waals surface area contributed by atoms with Crippen LogP contribution in [0.1, 0.15) is 26.3 Å². The number of hydrogen-bond donors (Lipinski definition) is 2. The molecule has 2 aromatic carbocycles. The third-order valence-electron chi connectivity index (χ3n) is 3.81. The van der Waals surface area contributed by atoms with Crippen molar-refractivity contribution in [3.63, 3.8) is 0 Å². The molecule has 0 bridgehead atoms. The number of benzene rings is 2. The van der Waals surface area contributed by atoms with Crippen molar-refractivity contribution in [2.45, 2.75) is 6.92 Å². The van der Waals surface area contributed by atoms with E-state index in [1.165, 1.54) is 11.3 Å². The van der Waals surface area contributed by atoms with E-state index < -0.39 is 18.5 Å². The van der Waals surface area contributed by atoms with Gasteiger partial charge in [-0.25, -0.2) is 4.79 Å². The number of carbonyl (C=O) groups excluding carboxylic acids is 3. The quantitative estimate of drug-likeness (QED) is 0.617. The van der Waals surface area contributed by atoms with E-state index in [9.17, 15) is 14.4 Å². The standard InChI is InChI=1S/C21H18N2O4S/c1-14-5-4-6-16(11-14)22-20(25)17-7-2-3-8-18(17)23-19(24)12-27-21(26)15-9-10-28-13-15/h2-11,13H,12H2,1H3,(H,22,25)(H,23,24). The number of rotatable bonds is 6. The maximum absolute atomic E-state index is 12.6. The molecule has 28 heavy (non-hydrogen) atoms. The van der Waals surface area contributed by atoms with Crippen LogP contribution >= 0.6 is 11.3 Å². The molecule has 2 amide bonds. The predicted octanol–water partition coefficient (Wildman–Crippen LogP) is 4.10. The summed E-state index contributed by atoms with van der Waals surface area (Å²) in [5.74, 6) is -1.45. The SMILES string of the molecule is Cc1cccc(NC(=O)c2ccccc2NC(=O)COC(=O)c2ccsc2)c1. The Balaban J connectivity index is 1.63. The minimum Gasteiger partial charge on any atom is -0.452 e. The lowest BCUT2D eigenvalue weighted by atomic mass is 10.1. The number of thiophene rings is 1. The molecule has 1 aromatic heterocycles. The predicted molar refractivity (Wildman–Crippen MR) is 109 cm³/mol. The van der Waals surface area contributed by atoms with Crippen molar-refractivity contribution < 1.29 is 19.1 Å². The van der Waals surface area contributed by atoms with Crippen LogP contribution in [0.5, 0.6) is 0 Å². The molecule has 0 aliphatic rings. The van der Waals surface area contributed by atoms with E-state index in [0.717, 1.165) is 5.56 Å². The van der Waals surface area contributed by atoms with Crippen molar-refractivity contribution in [1.29, 1.82) is 0 Å². The van der Waals surface area contributed by atoms with Gasteiger partial charge in [-0.15, -0.1) is 0 Å². The van der Waals surface area contributed by atoms with E-state index in [-0.39, 0.29) is 5.91 Å². The zero-order valence-corrected chi connectivity index (χ0v) is 15.9. The second kappa shape index (κ2) is 8.96. The van der Waals surface area contributed by atoms with Crippen molar-refractivity contribution in [2.75, 3.05) is 17.2 Å². The highest BCUT2D eigenvalue weighted by Crippen LogP contribution is 2.18. The van der Waals surface area contributed by atoms with E-state index >= 15 is 0 Å². The highest BCUT2D eigenvalue weighted by Gasteiger charge is 2.15. The van der Waals surface area contributed by atoms with Crippen LogP contribution in [-0.2, 0) is 9.53 Å². The zero-order chi connectivity index (χ0) is 19.9. The first-order valence-corrected chi connectivity index (χ1v) is 9.43. The molecule has 0 radical (unpaired) electrons. The normalized spacial score (nSPS) is 10.2. The van der Waals surface area contributed by atoms with Crippen molar-refractivity contribution in [2.24, 2.45) is 0 Å². The fraction of sp³-hybridized carbons (Fsp3) is 0.0952. The first-order chi connectivity index (χ1) is 13.5. The van der Waals surface area contributed by atoms with Crippen LogP contribution in [-0.4, -0.2) is 24.4 Å². The van der Waals surface area contributed by atoms with Crippen molar-refractivity contribution >= 4 is 40.5 Å². The highest BCUT2D eigenvalue weighted by atomic mass is 32.1. The van der Waals surface area contributed by atoms with Crippen molar-refractivity contribution in [3.8, 4) is 0 Å². The number of amides is 2. The summed E-state index contributed by atoms with van der Waals surface area (Å²) in [4.78, 5) is 36.6. The summed E-state index contributed by atoms with van der Waals surface area (Å²) in [5, 5.41) is 8.82. The Labute approximate surface area is 166 Å². The molecule has 3 rings (SSSR count). The van der Waals surface area contributed by atoms with E-state index in [0.29, 0.717) is 22.5 Å². The van der Waals surface area contributed by atoms with Gasteiger partial charge >= 0.3 is 5.97 Å². The first-order valence-electron chi connectivity index (χ1n) is 8.49. The number of esters is 1. The molecule has 7 heteroatoms. The van der Waals surface area contributed by atoms with Gasteiger partial charge in [0.15, 0.2) is 6.61 Å². The summed E-state index contributed by atoms with van der Waals surface area (Å²) >= 11 is 1.37. The van der Waals surface area contributed by atoms with Gasteiger partial charge in [0.25, 0.3) is 11.8 Å². The Morgan fingerprint density at radius 1 is 1.00 bits per heavy atom. The zero-order valence-electron chi connectivity index (χ0n) is 15.1. The summed E-state index contributed by atoms with van der Waals surface area (Å²) in [7, 11) is 0. The monoisotopic (exact) mass is 394 g/mol. The lowest BCUT2D eigenvalue weighted by Gasteiger charge is -2.12. The molecule has 0 aliphatic heterocycles. The number of anilines is 2. The van der Waals surface area contributed by atoms with Crippen LogP contribution < -0.4 is 10.6 Å². The Morgan fingerprint density at radius 2 is 1.82 bits per heavy atom. The average molecular weight is 394 g/mol. The van der Waals surface area contributed by atoms with Gasteiger partial charge in [0.2, 0.25) is 0 Å². The molecule has 6 nitrogen and oxygen atoms in total. The van der Waals surface area contributed by atoms with Crippen LogP contribution in [0, 0.1) is 6.92 Å². The summed E-state index contributed by atoms with van der Waals surface area (Å²) in [6, 6.07) is 15.7. The number of ether oxygens (including phenoxy) is 1. The van der Waals surface area contributed by atoms with E-state index in [2.05, 4.69) is 10.6 Å². The Bertz CT molecular complexity index is 999. The number of carbonyl (C=O) groups is 3. The minimum atomic E-state index is -0.568. The van der Waals surface area contributed by atoms with E-state index in [4.69, 9.17) is 4.74 Å². The molecular formula is C21H18N2O4S. The van der Waals surface area contributed by atoms with Gasteiger partial charge in [-0.2, -0.15) is 11.3 Å². The van der Waals surface area contributed by atoms with Gasteiger partial charge in [-0.1, -0.05) is 24.3 Å². The molecule has 0 unspecified atom stereocenters. The summed E-state index contributed by atoms with van der Waals surface area (Å²) in [5.41, 5.74) is 2.73. The lowest BCUT2D eigenvalue weighted by molar-refractivity contribution is -0.119. The van der Waals surface area contributed by atoms with Gasteiger partial charge in [-0.05, 0) is 48.2 Å². The molecule has 0 saturated heterocycles.